The number of aromatic nitrogens is 2. The molecule has 5 nitrogen and oxygen atoms in total. The normalized spacial score (nSPS) is 15.1. The number of aryl methyl sites for hydroxylation is 3. The second-order valence-electron chi connectivity index (χ2n) is 6.99. The van der Waals surface area contributed by atoms with E-state index in [9.17, 15) is 4.79 Å². The molecule has 1 aromatic carbocycles. The summed E-state index contributed by atoms with van der Waals surface area (Å²) in [5.41, 5.74) is 7.29. The molecule has 24 heavy (non-hydrogen) atoms. The molecule has 128 valence electrons. The van der Waals surface area contributed by atoms with Crippen LogP contribution in [-0.4, -0.2) is 33.7 Å². The first-order valence-corrected chi connectivity index (χ1v) is 8.57. The van der Waals surface area contributed by atoms with E-state index in [0.717, 1.165) is 30.8 Å². The number of hydrogen-bond donors (Lipinski definition) is 2. The summed E-state index contributed by atoms with van der Waals surface area (Å²) in [5, 5.41) is 10.3. The summed E-state index contributed by atoms with van der Waals surface area (Å²) in [6, 6.07) is 6.54. The molecule has 1 atom stereocenters. The second-order valence-corrected chi connectivity index (χ2v) is 6.99. The van der Waals surface area contributed by atoms with Gasteiger partial charge in [0, 0.05) is 31.2 Å². The Balaban J connectivity index is 1.61. The van der Waals surface area contributed by atoms with Crippen molar-refractivity contribution < 1.29 is 4.79 Å². The highest BCUT2D eigenvalue weighted by Gasteiger charge is 2.23. The summed E-state index contributed by atoms with van der Waals surface area (Å²) in [6.45, 7) is 9.74. The molecule has 1 aromatic heterocycles. The fraction of sp³-hybridized carbons (Fsp3) is 0.474. The van der Waals surface area contributed by atoms with Crippen molar-refractivity contribution in [1.82, 2.24) is 20.4 Å². The molecule has 1 unspecified atom stereocenters. The maximum Gasteiger partial charge on any atom is 0.317 e. The van der Waals surface area contributed by atoms with Crippen LogP contribution >= 0.6 is 0 Å². The van der Waals surface area contributed by atoms with Crippen LogP contribution in [0, 0.1) is 20.8 Å². The molecule has 0 saturated carbocycles. The van der Waals surface area contributed by atoms with Gasteiger partial charge in [-0.25, -0.2) is 4.79 Å². The van der Waals surface area contributed by atoms with Crippen LogP contribution < -0.4 is 5.32 Å². The number of carbonyl (C=O) groups is 1. The Labute approximate surface area is 143 Å². The average molecular weight is 326 g/mol. The second kappa shape index (κ2) is 6.67. The summed E-state index contributed by atoms with van der Waals surface area (Å²) >= 11 is 0. The van der Waals surface area contributed by atoms with E-state index in [-0.39, 0.29) is 12.1 Å². The molecule has 2 aromatic rings. The predicted molar refractivity (Wildman–Crippen MR) is 95.1 cm³/mol. The smallest absolute Gasteiger partial charge is 0.317 e. The summed E-state index contributed by atoms with van der Waals surface area (Å²) in [6.07, 6.45) is 1.66. The maximum absolute atomic E-state index is 12.6. The number of benzene rings is 1. The number of amides is 2. The van der Waals surface area contributed by atoms with Crippen molar-refractivity contribution in [3.63, 3.8) is 0 Å². The van der Waals surface area contributed by atoms with E-state index in [2.05, 4.69) is 41.5 Å². The first kappa shape index (κ1) is 16.6. The SMILES string of the molecule is Cc1cc(C)c2c(c1)CCN(C(=O)NC(C)Cc1cc(C)[nH]n1)C2. The van der Waals surface area contributed by atoms with Crippen LogP contribution in [0.1, 0.15) is 40.6 Å². The topological polar surface area (TPSA) is 61.0 Å². The highest BCUT2D eigenvalue weighted by atomic mass is 16.2. The average Bonchev–Trinajstić information content (AvgIpc) is 2.91. The van der Waals surface area contributed by atoms with Gasteiger partial charge in [-0.3, -0.25) is 5.10 Å². The fourth-order valence-electron chi connectivity index (χ4n) is 3.48. The van der Waals surface area contributed by atoms with Crippen molar-refractivity contribution >= 4 is 6.03 Å². The summed E-state index contributed by atoms with van der Waals surface area (Å²) in [5.74, 6) is 0. The standard InChI is InChI=1S/C19H26N4O/c1-12-7-13(2)18-11-23(6-5-16(18)8-12)19(24)20-14(3)9-17-10-15(4)21-22-17/h7-8,10,14H,5-6,9,11H2,1-4H3,(H,20,24)(H,21,22). The molecule has 3 rings (SSSR count). The van der Waals surface area contributed by atoms with Crippen LogP contribution in [0.3, 0.4) is 0 Å². The van der Waals surface area contributed by atoms with Crippen molar-refractivity contribution in [2.24, 2.45) is 0 Å². The van der Waals surface area contributed by atoms with Crippen LogP contribution in [0.5, 0.6) is 0 Å². The summed E-state index contributed by atoms with van der Waals surface area (Å²) < 4.78 is 0. The molecule has 2 amide bonds. The molecule has 0 radical (unpaired) electrons. The van der Waals surface area contributed by atoms with Gasteiger partial charge in [0.2, 0.25) is 0 Å². The minimum Gasteiger partial charge on any atom is -0.335 e. The van der Waals surface area contributed by atoms with Crippen LogP contribution in [0.4, 0.5) is 4.79 Å². The molecule has 0 fully saturated rings. The molecule has 2 N–H and O–H groups in total. The first-order valence-electron chi connectivity index (χ1n) is 8.57. The lowest BCUT2D eigenvalue weighted by Gasteiger charge is -2.31. The van der Waals surface area contributed by atoms with Crippen LogP contribution in [0.15, 0.2) is 18.2 Å². The molecule has 1 aliphatic rings. The first-order chi connectivity index (χ1) is 11.4. The Morgan fingerprint density at radius 2 is 2.12 bits per heavy atom. The highest BCUT2D eigenvalue weighted by Crippen LogP contribution is 2.24. The van der Waals surface area contributed by atoms with Crippen molar-refractivity contribution in [3.05, 3.63) is 51.8 Å². The Hall–Kier alpha value is -2.30. The number of urea groups is 1. The Morgan fingerprint density at radius 1 is 1.33 bits per heavy atom. The van der Waals surface area contributed by atoms with Gasteiger partial charge in [-0.2, -0.15) is 5.10 Å². The number of hydrogen-bond acceptors (Lipinski definition) is 2. The highest BCUT2D eigenvalue weighted by molar-refractivity contribution is 5.75. The molecular formula is C19H26N4O. The third-order valence-electron chi connectivity index (χ3n) is 4.64. The number of nitrogens with one attached hydrogen (secondary N) is 2. The van der Waals surface area contributed by atoms with Crippen molar-refractivity contribution in [3.8, 4) is 0 Å². The minimum absolute atomic E-state index is 0.0142. The Bertz CT molecular complexity index is 750. The summed E-state index contributed by atoms with van der Waals surface area (Å²) in [4.78, 5) is 14.5. The van der Waals surface area contributed by atoms with Crippen LogP contribution in [0.25, 0.3) is 0 Å². The Kier molecular flexibility index (Phi) is 4.60. The third-order valence-corrected chi connectivity index (χ3v) is 4.64. The van der Waals surface area contributed by atoms with E-state index in [1.807, 2.05) is 24.8 Å². The monoisotopic (exact) mass is 326 g/mol. The molecule has 0 bridgehead atoms. The van der Waals surface area contributed by atoms with Crippen molar-refractivity contribution in [2.45, 2.75) is 53.1 Å². The lowest BCUT2D eigenvalue weighted by molar-refractivity contribution is 0.189. The molecule has 0 aliphatic carbocycles. The van der Waals surface area contributed by atoms with Crippen LogP contribution in [-0.2, 0) is 19.4 Å². The lowest BCUT2D eigenvalue weighted by Crippen LogP contribution is -2.46. The lowest BCUT2D eigenvalue weighted by atomic mass is 9.93. The van der Waals surface area contributed by atoms with E-state index in [0.29, 0.717) is 6.54 Å². The van der Waals surface area contributed by atoms with Crippen molar-refractivity contribution in [1.29, 1.82) is 0 Å². The Morgan fingerprint density at radius 3 is 2.83 bits per heavy atom. The number of rotatable bonds is 3. The fourth-order valence-corrected chi connectivity index (χ4v) is 3.48. The van der Waals surface area contributed by atoms with Gasteiger partial charge >= 0.3 is 6.03 Å². The zero-order chi connectivity index (χ0) is 17.3. The van der Waals surface area contributed by atoms with E-state index < -0.39 is 0 Å². The largest absolute Gasteiger partial charge is 0.335 e. The zero-order valence-electron chi connectivity index (χ0n) is 14.9. The van der Waals surface area contributed by atoms with Crippen LogP contribution in [0.2, 0.25) is 0 Å². The van der Waals surface area contributed by atoms with Crippen molar-refractivity contribution in [2.75, 3.05) is 6.54 Å². The van der Waals surface area contributed by atoms with Gasteiger partial charge in [-0.05, 0) is 56.9 Å². The maximum atomic E-state index is 12.6. The van der Waals surface area contributed by atoms with Gasteiger partial charge < -0.3 is 10.2 Å². The molecule has 0 spiro atoms. The van der Waals surface area contributed by atoms with Gasteiger partial charge in [-0.1, -0.05) is 17.7 Å². The van der Waals surface area contributed by atoms with E-state index >= 15 is 0 Å². The number of aromatic amines is 1. The molecular weight excluding hydrogens is 300 g/mol. The quantitative estimate of drug-likeness (QED) is 0.911. The molecule has 0 saturated heterocycles. The number of fused-ring (bicyclic) bond motifs is 1. The number of nitrogens with zero attached hydrogens (tertiary/aromatic N) is 2. The van der Waals surface area contributed by atoms with Gasteiger partial charge in [0.15, 0.2) is 0 Å². The predicted octanol–water partition coefficient (Wildman–Crippen LogP) is 3.03. The van der Waals surface area contributed by atoms with Gasteiger partial charge in [0.25, 0.3) is 0 Å². The molecule has 1 aliphatic heterocycles. The van der Waals surface area contributed by atoms with E-state index in [1.165, 1.54) is 22.3 Å². The summed E-state index contributed by atoms with van der Waals surface area (Å²) in [7, 11) is 0. The zero-order valence-corrected chi connectivity index (χ0v) is 14.9. The number of carbonyl (C=O) groups excluding carboxylic acids is 1. The minimum atomic E-state index is 0.0142. The van der Waals surface area contributed by atoms with Gasteiger partial charge in [-0.15, -0.1) is 0 Å². The third kappa shape index (κ3) is 3.61. The molecule has 5 heteroatoms. The van der Waals surface area contributed by atoms with E-state index in [1.54, 1.807) is 0 Å². The van der Waals surface area contributed by atoms with E-state index in [4.69, 9.17) is 0 Å². The molecule has 2 heterocycles. The number of H-pyrrole nitrogens is 1. The van der Waals surface area contributed by atoms with Gasteiger partial charge in [0.1, 0.15) is 0 Å². The van der Waals surface area contributed by atoms with Gasteiger partial charge in [0.05, 0.1) is 5.69 Å².